The summed E-state index contributed by atoms with van der Waals surface area (Å²) in [6, 6.07) is 1.54. The van der Waals surface area contributed by atoms with Crippen LogP contribution in [0.4, 0.5) is 5.69 Å². The standard InChI is InChI=1S/C26H31N3O8/c1-5-6-29(4)25(36)14-10-15(28(2)3)13-8-11-7-12-9-16(30)19(24(27)35)23(34)26(12,37)22(33)17(11)21(32)18(13)20(14)31/h10-12,31-32,34,37H,5-9H2,1-4H3,(H2,27,35)/t11-,12+,26+/m1/s1. The monoisotopic (exact) mass is 513 g/mol. The number of nitrogens with zero attached hydrogens (tertiary/aromatic N) is 2. The maximum absolute atomic E-state index is 13.7. The number of anilines is 1. The van der Waals surface area contributed by atoms with Gasteiger partial charge in [-0.1, -0.05) is 6.92 Å². The summed E-state index contributed by atoms with van der Waals surface area (Å²) in [5, 5.41) is 44.6. The zero-order valence-electron chi connectivity index (χ0n) is 21.2. The first kappa shape index (κ1) is 26.2. The van der Waals surface area contributed by atoms with Gasteiger partial charge in [-0.2, -0.15) is 0 Å². The van der Waals surface area contributed by atoms with Crippen LogP contribution in [0, 0.1) is 11.8 Å². The van der Waals surface area contributed by atoms with Crippen molar-refractivity contribution < 1.29 is 39.6 Å². The van der Waals surface area contributed by atoms with Crippen LogP contribution >= 0.6 is 0 Å². The van der Waals surface area contributed by atoms with Crippen LogP contribution < -0.4 is 10.6 Å². The van der Waals surface area contributed by atoms with Crippen LogP contribution in [0.5, 0.6) is 5.75 Å². The molecule has 1 saturated carbocycles. The minimum absolute atomic E-state index is 0.0382. The molecule has 1 aromatic rings. The van der Waals surface area contributed by atoms with Crippen LogP contribution in [-0.2, 0) is 20.8 Å². The predicted octanol–water partition coefficient (Wildman–Crippen LogP) is 0.972. The molecule has 3 aliphatic rings. The van der Waals surface area contributed by atoms with Crippen LogP contribution in [0.25, 0.3) is 5.76 Å². The molecule has 4 rings (SSSR count). The van der Waals surface area contributed by atoms with Crippen molar-refractivity contribution in [2.45, 2.75) is 38.2 Å². The topological polar surface area (TPSA) is 182 Å². The maximum atomic E-state index is 13.7. The average molecular weight is 514 g/mol. The Kier molecular flexibility index (Phi) is 6.31. The summed E-state index contributed by atoms with van der Waals surface area (Å²) >= 11 is 0. The third-order valence-corrected chi connectivity index (χ3v) is 7.66. The van der Waals surface area contributed by atoms with E-state index in [4.69, 9.17) is 5.73 Å². The van der Waals surface area contributed by atoms with E-state index in [1.807, 2.05) is 6.92 Å². The second-order valence-corrected chi connectivity index (χ2v) is 10.2. The summed E-state index contributed by atoms with van der Waals surface area (Å²) < 4.78 is 0. The van der Waals surface area contributed by atoms with Crippen LogP contribution in [-0.4, -0.2) is 82.0 Å². The fourth-order valence-electron chi connectivity index (χ4n) is 5.87. The number of Topliss-reactive ketones (excluding diaryl/α,β-unsaturated/α-hetero) is 2. The first-order valence-electron chi connectivity index (χ1n) is 12.1. The molecule has 11 heteroatoms. The van der Waals surface area contributed by atoms with E-state index < -0.39 is 63.7 Å². The molecule has 0 saturated heterocycles. The van der Waals surface area contributed by atoms with E-state index in [1.165, 1.54) is 4.90 Å². The maximum Gasteiger partial charge on any atom is 0.257 e. The number of carbonyl (C=O) groups excluding carboxylic acids is 4. The van der Waals surface area contributed by atoms with Gasteiger partial charge >= 0.3 is 0 Å². The molecule has 11 nitrogen and oxygen atoms in total. The van der Waals surface area contributed by atoms with Crippen molar-refractivity contribution >= 4 is 34.8 Å². The summed E-state index contributed by atoms with van der Waals surface area (Å²) in [7, 11) is 5.07. The Morgan fingerprint density at radius 2 is 1.78 bits per heavy atom. The fraction of sp³-hybridized carbons (Fsp3) is 0.462. The number of amides is 2. The number of primary amides is 1. The van der Waals surface area contributed by atoms with Crippen molar-refractivity contribution in [3.8, 4) is 5.75 Å². The minimum atomic E-state index is -2.63. The highest BCUT2D eigenvalue weighted by atomic mass is 16.3. The number of ketones is 2. The SMILES string of the molecule is CCCN(C)C(=O)c1cc(N(C)C)c2c(c1O)C(O)=C1C(=O)[C@]3(O)C(O)=C(C(N)=O)C(=O)C[C@@H]3C[C@@H]1C2. The van der Waals surface area contributed by atoms with Crippen LogP contribution in [0.3, 0.4) is 0 Å². The van der Waals surface area contributed by atoms with Crippen LogP contribution in [0.2, 0.25) is 0 Å². The number of fused-ring (bicyclic) bond motifs is 3. The van der Waals surface area contributed by atoms with Gasteiger partial charge in [-0.05, 0) is 36.8 Å². The number of aromatic hydroxyl groups is 1. The Labute approximate surface area is 213 Å². The molecular formula is C26H31N3O8. The van der Waals surface area contributed by atoms with Gasteiger partial charge in [0.1, 0.15) is 22.8 Å². The number of hydrogen-bond donors (Lipinski definition) is 5. The van der Waals surface area contributed by atoms with Crippen molar-refractivity contribution in [2.24, 2.45) is 17.6 Å². The number of aliphatic hydroxyl groups is 3. The second kappa shape index (κ2) is 8.91. The largest absolute Gasteiger partial charge is 0.508 e. The number of rotatable bonds is 5. The Balaban J connectivity index is 1.95. The number of benzene rings is 1. The molecule has 198 valence electrons. The Hall–Kier alpha value is -3.86. The lowest BCUT2D eigenvalue weighted by Crippen LogP contribution is -2.58. The Morgan fingerprint density at radius 1 is 1.14 bits per heavy atom. The number of aliphatic hydroxyl groups excluding tert-OH is 2. The molecule has 3 atom stereocenters. The van der Waals surface area contributed by atoms with Gasteiger partial charge in [0.15, 0.2) is 11.4 Å². The molecule has 0 aliphatic heterocycles. The van der Waals surface area contributed by atoms with Gasteiger partial charge in [-0.25, -0.2) is 0 Å². The molecular weight excluding hydrogens is 482 g/mol. The molecule has 0 aromatic heterocycles. The van der Waals surface area contributed by atoms with Gasteiger partial charge in [0.05, 0.1) is 11.1 Å². The van der Waals surface area contributed by atoms with E-state index in [9.17, 15) is 39.6 Å². The fourth-order valence-corrected chi connectivity index (χ4v) is 5.87. The number of phenolic OH excluding ortho intramolecular Hbond substituents is 1. The van der Waals surface area contributed by atoms with Gasteiger partial charge in [-0.3, -0.25) is 19.2 Å². The normalized spacial score (nSPS) is 24.9. The molecule has 0 heterocycles. The summed E-state index contributed by atoms with van der Waals surface area (Å²) in [6.45, 7) is 2.33. The first-order chi connectivity index (χ1) is 17.3. The molecule has 0 unspecified atom stereocenters. The lowest BCUT2D eigenvalue weighted by molar-refractivity contribution is -0.147. The van der Waals surface area contributed by atoms with E-state index in [1.54, 1.807) is 32.1 Å². The van der Waals surface area contributed by atoms with Crippen LogP contribution in [0.15, 0.2) is 23.0 Å². The molecule has 6 N–H and O–H groups in total. The van der Waals surface area contributed by atoms with Gasteiger partial charge in [-0.15, -0.1) is 0 Å². The Morgan fingerprint density at radius 3 is 2.35 bits per heavy atom. The quantitative estimate of drug-likeness (QED) is 0.358. The molecule has 1 fully saturated rings. The van der Waals surface area contributed by atoms with E-state index in [-0.39, 0.29) is 36.0 Å². The van der Waals surface area contributed by atoms with Gasteiger partial charge < -0.3 is 36.0 Å². The smallest absolute Gasteiger partial charge is 0.257 e. The Bertz CT molecular complexity index is 1310. The van der Waals surface area contributed by atoms with E-state index >= 15 is 0 Å². The van der Waals surface area contributed by atoms with E-state index in [2.05, 4.69) is 0 Å². The van der Waals surface area contributed by atoms with Crippen molar-refractivity contribution in [3.05, 3.63) is 39.7 Å². The third-order valence-electron chi connectivity index (χ3n) is 7.66. The molecule has 1 aromatic carbocycles. The van der Waals surface area contributed by atoms with Crippen LogP contribution in [0.1, 0.15) is 47.7 Å². The average Bonchev–Trinajstić information content (AvgIpc) is 2.80. The van der Waals surface area contributed by atoms with Crippen molar-refractivity contribution in [1.29, 1.82) is 0 Å². The van der Waals surface area contributed by atoms with Gasteiger partial charge in [0, 0.05) is 51.3 Å². The zero-order valence-corrected chi connectivity index (χ0v) is 21.2. The molecule has 3 aliphatic carbocycles. The first-order valence-corrected chi connectivity index (χ1v) is 12.1. The summed E-state index contributed by atoms with van der Waals surface area (Å²) in [5.74, 6) is -7.55. The molecule has 2 amide bonds. The van der Waals surface area contributed by atoms with Crippen molar-refractivity contribution in [1.82, 2.24) is 4.90 Å². The molecule has 0 radical (unpaired) electrons. The molecule has 0 bridgehead atoms. The van der Waals surface area contributed by atoms with Gasteiger partial charge in [0.25, 0.3) is 11.8 Å². The lowest BCUT2D eigenvalue weighted by atomic mass is 9.59. The highest BCUT2D eigenvalue weighted by Crippen LogP contribution is 2.53. The summed E-state index contributed by atoms with van der Waals surface area (Å²) in [6.07, 6.45) is 0.503. The van der Waals surface area contributed by atoms with Crippen molar-refractivity contribution in [2.75, 3.05) is 32.6 Å². The number of carbonyl (C=O) groups is 4. The third kappa shape index (κ3) is 3.67. The van der Waals surface area contributed by atoms with E-state index in [0.29, 0.717) is 24.2 Å². The van der Waals surface area contributed by atoms with Crippen molar-refractivity contribution in [3.63, 3.8) is 0 Å². The predicted molar refractivity (Wildman–Crippen MR) is 133 cm³/mol. The molecule has 37 heavy (non-hydrogen) atoms. The highest BCUT2D eigenvalue weighted by molar-refractivity contribution is 6.22. The number of phenols is 1. The lowest BCUT2D eigenvalue weighted by Gasteiger charge is -2.46. The number of nitrogens with two attached hydrogens (primary N) is 1. The minimum Gasteiger partial charge on any atom is -0.508 e. The highest BCUT2D eigenvalue weighted by Gasteiger charge is 2.60. The zero-order chi connectivity index (χ0) is 27.6. The summed E-state index contributed by atoms with van der Waals surface area (Å²) in [5.41, 5.74) is 2.38. The number of hydrogen-bond acceptors (Lipinski definition) is 9. The van der Waals surface area contributed by atoms with E-state index in [0.717, 1.165) is 0 Å². The second-order valence-electron chi connectivity index (χ2n) is 10.2. The molecule has 0 spiro atoms. The van der Waals surface area contributed by atoms with Gasteiger partial charge in [0.2, 0.25) is 5.78 Å². The summed E-state index contributed by atoms with van der Waals surface area (Å²) in [4.78, 5) is 54.2.